The molecule has 1 aliphatic carbocycles. The van der Waals surface area contributed by atoms with Gasteiger partial charge in [-0.25, -0.2) is 13.1 Å². The van der Waals surface area contributed by atoms with E-state index in [2.05, 4.69) is 9.82 Å². The summed E-state index contributed by atoms with van der Waals surface area (Å²) in [4.78, 5) is 0.321. The molecular weight excluding hydrogens is 288 g/mol. The van der Waals surface area contributed by atoms with E-state index in [-0.39, 0.29) is 6.04 Å². The van der Waals surface area contributed by atoms with Gasteiger partial charge in [0, 0.05) is 12.6 Å². The van der Waals surface area contributed by atoms with Gasteiger partial charge in [0.05, 0.1) is 11.4 Å². The van der Waals surface area contributed by atoms with Gasteiger partial charge < -0.3 is 5.73 Å². The number of aromatic nitrogens is 2. The summed E-state index contributed by atoms with van der Waals surface area (Å²) in [7, 11) is -3.51. The van der Waals surface area contributed by atoms with E-state index in [9.17, 15) is 8.42 Å². The van der Waals surface area contributed by atoms with Gasteiger partial charge in [-0.05, 0) is 46.1 Å². The first kappa shape index (κ1) is 16.5. The van der Waals surface area contributed by atoms with Crippen molar-refractivity contribution in [1.29, 1.82) is 0 Å². The standard InChI is InChI=1S/C14H26N4O2S/c1-10(9-13-5-6-13)17-21(19,20)14-11(2)16-18(12(14)3)8-4-7-15/h10,13,17H,4-9,15H2,1-3H3. The van der Waals surface area contributed by atoms with Crippen molar-refractivity contribution in [2.45, 2.75) is 63.9 Å². The van der Waals surface area contributed by atoms with Crippen molar-refractivity contribution in [1.82, 2.24) is 14.5 Å². The van der Waals surface area contributed by atoms with Crippen LogP contribution < -0.4 is 10.5 Å². The lowest BCUT2D eigenvalue weighted by Gasteiger charge is -2.14. The van der Waals surface area contributed by atoms with E-state index in [4.69, 9.17) is 5.73 Å². The molecule has 1 saturated carbocycles. The molecule has 2 rings (SSSR count). The van der Waals surface area contributed by atoms with Crippen LogP contribution in [0.2, 0.25) is 0 Å². The highest BCUT2D eigenvalue weighted by molar-refractivity contribution is 7.89. The zero-order chi connectivity index (χ0) is 15.6. The highest BCUT2D eigenvalue weighted by Gasteiger charge is 2.29. The van der Waals surface area contributed by atoms with Gasteiger partial charge in [0.25, 0.3) is 0 Å². The molecular formula is C14H26N4O2S. The molecule has 0 amide bonds. The number of hydrogen-bond acceptors (Lipinski definition) is 4. The molecule has 0 spiro atoms. The molecule has 1 fully saturated rings. The third-order valence-electron chi connectivity index (χ3n) is 3.90. The molecule has 3 N–H and O–H groups in total. The minimum Gasteiger partial charge on any atom is -0.330 e. The third kappa shape index (κ3) is 4.05. The van der Waals surface area contributed by atoms with Crippen LogP contribution in [-0.4, -0.2) is 30.8 Å². The second-order valence-electron chi connectivity index (χ2n) is 6.07. The first-order valence-electron chi connectivity index (χ1n) is 7.61. The molecule has 1 aliphatic rings. The fourth-order valence-electron chi connectivity index (χ4n) is 2.75. The van der Waals surface area contributed by atoms with Gasteiger partial charge in [0.2, 0.25) is 10.0 Å². The predicted molar refractivity (Wildman–Crippen MR) is 82.5 cm³/mol. The average molecular weight is 314 g/mol. The normalized spacial score (nSPS) is 17.1. The summed E-state index contributed by atoms with van der Waals surface area (Å²) in [6.07, 6.45) is 4.15. The van der Waals surface area contributed by atoms with Crippen molar-refractivity contribution < 1.29 is 8.42 Å². The molecule has 0 bridgehead atoms. The van der Waals surface area contributed by atoms with Gasteiger partial charge in [0.1, 0.15) is 4.90 Å². The summed E-state index contributed by atoms with van der Waals surface area (Å²) >= 11 is 0. The van der Waals surface area contributed by atoms with E-state index < -0.39 is 10.0 Å². The second kappa shape index (κ2) is 6.46. The molecule has 21 heavy (non-hydrogen) atoms. The maximum atomic E-state index is 12.6. The Morgan fingerprint density at radius 2 is 2.10 bits per heavy atom. The first-order valence-corrected chi connectivity index (χ1v) is 9.10. The lowest BCUT2D eigenvalue weighted by molar-refractivity contribution is 0.528. The van der Waals surface area contributed by atoms with E-state index in [1.165, 1.54) is 12.8 Å². The quantitative estimate of drug-likeness (QED) is 0.757. The lowest BCUT2D eigenvalue weighted by atomic mass is 10.2. The Hall–Kier alpha value is -0.920. The molecule has 6 nitrogen and oxygen atoms in total. The average Bonchev–Trinajstić information content (AvgIpc) is 3.11. The van der Waals surface area contributed by atoms with Crippen molar-refractivity contribution in [3.05, 3.63) is 11.4 Å². The maximum absolute atomic E-state index is 12.6. The largest absolute Gasteiger partial charge is 0.330 e. The highest BCUT2D eigenvalue weighted by Crippen LogP contribution is 2.33. The van der Waals surface area contributed by atoms with Crippen LogP contribution in [0, 0.1) is 19.8 Å². The number of nitrogens with zero attached hydrogens (tertiary/aromatic N) is 2. The summed E-state index contributed by atoms with van der Waals surface area (Å²) in [6.45, 7) is 6.69. The third-order valence-corrected chi connectivity index (χ3v) is 5.74. The van der Waals surface area contributed by atoms with E-state index in [0.717, 1.165) is 12.8 Å². The minimum absolute atomic E-state index is 0.0336. The Balaban J connectivity index is 2.16. The van der Waals surface area contributed by atoms with Crippen LogP contribution in [0.5, 0.6) is 0 Å². The first-order chi connectivity index (χ1) is 9.85. The lowest BCUT2D eigenvalue weighted by Crippen LogP contribution is -2.33. The van der Waals surface area contributed by atoms with Crippen LogP contribution >= 0.6 is 0 Å². The number of rotatable bonds is 8. The number of hydrogen-bond donors (Lipinski definition) is 2. The van der Waals surface area contributed by atoms with Gasteiger partial charge >= 0.3 is 0 Å². The topological polar surface area (TPSA) is 90.0 Å². The molecule has 0 radical (unpaired) electrons. The summed E-state index contributed by atoms with van der Waals surface area (Å²) in [5.74, 6) is 0.692. The molecule has 7 heteroatoms. The van der Waals surface area contributed by atoms with Gasteiger partial charge in [-0.15, -0.1) is 0 Å². The van der Waals surface area contributed by atoms with Crippen molar-refractivity contribution in [2.75, 3.05) is 6.54 Å². The molecule has 1 heterocycles. The molecule has 0 aromatic carbocycles. The SMILES string of the molecule is Cc1nn(CCCN)c(C)c1S(=O)(=O)NC(C)CC1CC1. The summed E-state index contributed by atoms with van der Waals surface area (Å²) in [6, 6.07) is -0.0336. The molecule has 1 unspecified atom stereocenters. The van der Waals surface area contributed by atoms with Crippen molar-refractivity contribution >= 4 is 10.0 Å². The Bertz CT molecular complexity index is 590. The molecule has 1 atom stereocenters. The fraction of sp³-hybridized carbons (Fsp3) is 0.786. The molecule has 1 aromatic rings. The second-order valence-corrected chi connectivity index (χ2v) is 7.72. The Labute approximate surface area is 127 Å². The monoisotopic (exact) mass is 314 g/mol. The number of sulfonamides is 1. The van der Waals surface area contributed by atoms with Gasteiger partial charge in [-0.2, -0.15) is 5.10 Å². The van der Waals surface area contributed by atoms with E-state index in [1.54, 1.807) is 18.5 Å². The molecule has 120 valence electrons. The highest BCUT2D eigenvalue weighted by atomic mass is 32.2. The van der Waals surface area contributed by atoms with E-state index >= 15 is 0 Å². The molecule has 0 aliphatic heterocycles. The summed E-state index contributed by atoms with van der Waals surface area (Å²) in [5.41, 5.74) is 6.74. The zero-order valence-corrected chi connectivity index (χ0v) is 13.9. The zero-order valence-electron chi connectivity index (χ0n) is 13.1. The maximum Gasteiger partial charge on any atom is 0.244 e. The predicted octanol–water partition coefficient (Wildman–Crippen LogP) is 1.32. The Morgan fingerprint density at radius 1 is 1.43 bits per heavy atom. The minimum atomic E-state index is -3.51. The van der Waals surface area contributed by atoms with Crippen LogP contribution in [0.15, 0.2) is 4.90 Å². The van der Waals surface area contributed by atoms with E-state index in [1.807, 2.05) is 6.92 Å². The van der Waals surface area contributed by atoms with Crippen molar-refractivity contribution in [3.63, 3.8) is 0 Å². The Kier molecular flexibility index (Phi) is 5.06. The number of nitrogens with one attached hydrogen (secondary N) is 1. The van der Waals surface area contributed by atoms with Gasteiger partial charge in [-0.3, -0.25) is 4.68 Å². The van der Waals surface area contributed by atoms with Crippen molar-refractivity contribution in [3.8, 4) is 0 Å². The Morgan fingerprint density at radius 3 is 2.67 bits per heavy atom. The van der Waals surface area contributed by atoms with Gasteiger partial charge in [0.15, 0.2) is 0 Å². The van der Waals surface area contributed by atoms with E-state index in [0.29, 0.717) is 35.3 Å². The number of aryl methyl sites for hydroxylation is 2. The number of nitrogens with two attached hydrogens (primary N) is 1. The van der Waals surface area contributed by atoms with Crippen LogP contribution in [0.1, 0.15) is 44.0 Å². The van der Waals surface area contributed by atoms with Crippen molar-refractivity contribution in [2.24, 2.45) is 11.7 Å². The van der Waals surface area contributed by atoms with Crippen LogP contribution in [-0.2, 0) is 16.6 Å². The molecule has 0 saturated heterocycles. The smallest absolute Gasteiger partial charge is 0.244 e. The fourth-order valence-corrected chi connectivity index (χ4v) is 4.42. The van der Waals surface area contributed by atoms with Crippen LogP contribution in [0.3, 0.4) is 0 Å². The van der Waals surface area contributed by atoms with Crippen LogP contribution in [0.25, 0.3) is 0 Å². The van der Waals surface area contributed by atoms with Gasteiger partial charge in [-0.1, -0.05) is 12.8 Å². The van der Waals surface area contributed by atoms with Crippen LogP contribution in [0.4, 0.5) is 0 Å². The summed E-state index contributed by atoms with van der Waals surface area (Å²) in [5, 5.41) is 4.34. The summed E-state index contributed by atoms with van der Waals surface area (Å²) < 4.78 is 29.7. The molecule has 1 aromatic heterocycles.